The van der Waals surface area contributed by atoms with E-state index in [0.29, 0.717) is 16.6 Å². The summed E-state index contributed by atoms with van der Waals surface area (Å²) in [6.45, 7) is 0. The summed E-state index contributed by atoms with van der Waals surface area (Å²) in [6.07, 6.45) is 0. The molecule has 0 N–H and O–H groups in total. The monoisotopic (exact) mass is 616 g/mol. The molecule has 9 rings (SSSR count). The fourth-order valence-corrected chi connectivity index (χ4v) is 6.01. The molecule has 0 aliphatic rings. The molecule has 0 atom stereocenters. The number of hydrogen-bond donors (Lipinski definition) is 0. The lowest BCUT2D eigenvalue weighted by Gasteiger charge is -2.18. The Bertz CT molecular complexity index is 3440. The highest BCUT2D eigenvalue weighted by Crippen LogP contribution is 2.44. The van der Waals surface area contributed by atoms with Crippen LogP contribution in [0.15, 0.2) is 182 Å². The average molecular weight is 617 g/mol. The third-order valence-corrected chi connectivity index (χ3v) is 8.02. The minimum atomic E-state index is -0.626. The number of nitrogens with zero attached hydrogens (tertiary/aromatic N) is 2. The van der Waals surface area contributed by atoms with Gasteiger partial charge in [0.1, 0.15) is 5.82 Å². The van der Waals surface area contributed by atoms with Gasteiger partial charge in [-0.15, -0.1) is 0 Å². The van der Waals surface area contributed by atoms with Gasteiger partial charge in [0.2, 0.25) is 0 Å². The Kier molecular flexibility index (Phi) is 3.47. The van der Waals surface area contributed by atoms with Crippen LogP contribution in [0.25, 0.3) is 83.0 Å². The van der Waals surface area contributed by atoms with Crippen LogP contribution in [-0.2, 0) is 0 Å². The summed E-state index contributed by atoms with van der Waals surface area (Å²) in [7, 11) is 0. The van der Waals surface area contributed by atoms with E-state index < -0.39 is 109 Å². The van der Waals surface area contributed by atoms with Crippen LogP contribution in [0.2, 0.25) is 0 Å². The van der Waals surface area contributed by atoms with E-state index in [1.54, 1.807) is 54.6 Å². The predicted octanol–water partition coefficient (Wildman–Crippen LogP) is 12.0. The van der Waals surface area contributed by atoms with Gasteiger partial charge in [0.25, 0.3) is 0 Å². The van der Waals surface area contributed by atoms with Crippen LogP contribution < -0.4 is 0 Å². The molecule has 0 amide bonds. The van der Waals surface area contributed by atoms with Crippen LogP contribution in [0.4, 0.5) is 0 Å². The molecule has 0 saturated carbocycles. The second kappa shape index (κ2) is 11.3. The quantitative estimate of drug-likeness (QED) is 0.176. The van der Waals surface area contributed by atoms with Crippen LogP contribution in [0.3, 0.4) is 0 Å². The lowest BCUT2D eigenvalue weighted by molar-refractivity contribution is 1.10. The second-order valence-electron chi connectivity index (χ2n) is 10.6. The van der Waals surface area contributed by atoms with E-state index in [0.717, 1.165) is 0 Å². The van der Waals surface area contributed by atoms with Gasteiger partial charge >= 0.3 is 0 Å². The van der Waals surface area contributed by atoms with Crippen molar-refractivity contribution in [3.63, 3.8) is 0 Å². The van der Waals surface area contributed by atoms with Crippen LogP contribution in [0.5, 0.6) is 0 Å². The van der Waals surface area contributed by atoms with Crippen LogP contribution in [0, 0.1) is 0 Å². The number of aromatic nitrogens is 2. The summed E-state index contributed by atoms with van der Waals surface area (Å²) >= 11 is 0. The molecule has 1 heterocycles. The number of rotatable bonds is 5. The molecule has 9 aromatic rings. The summed E-state index contributed by atoms with van der Waals surface area (Å²) in [5, 5.41) is -0.380. The van der Waals surface area contributed by atoms with Gasteiger partial charge in [-0.2, -0.15) is 0 Å². The molecule has 0 radical (unpaired) electrons. The Balaban J connectivity index is 1.37. The molecule has 0 bridgehead atoms. The van der Waals surface area contributed by atoms with E-state index in [9.17, 15) is 5.48 Å². The molecule has 220 valence electrons. The van der Waals surface area contributed by atoms with Gasteiger partial charge in [0.15, 0.2) is 0 Å². The Morgan fingerprint density at radius 1 is 0.426 bits per heavy atom. The first kappa shape index (κ1) is 14.5. The highest BCUT2D eigenvalue weighted by Gasteiger charge is 2.18. The molecule has 0 fully saturated rings. The molecule has 0 aliphatic carbocycles. The second-order valence-corrected chi connectivity index (χ2v) is 10.6. The van der Waals surface area contributed by atoms with Crippen LogP contribution in [-0.4, -0.2) is 9.55 Å². The van der Waals surface area contributed by atoms with E-state index in [2.05, 4.69) is 0 Å². The molecule has 47 heavy (non-hydrogen) atoms. The van der Waals surface area contributed by atoms with Crippen molar-refractivity contribution in [3.05, 3.63) is 182 Å². The zero-order chi connectivity index (χ0) is 46.8. The van der Waals surface area contributed by atoms with Crippen molar-refractivity contribution in [2.45, 2.75) is 0 Å². The lowest BCUT2D eigenvalue weighted by atomic mass is 9.85. The Morgan fingerprint density at radius 3 is 1.62 bits per heavy atom. The lowest BCUT2D eigenvalue weighted by Crippen LogP contribution is -1.97. The molecule has 0 saturated heterocycles. The van der Waals surface area contributed by atoms with Crippen molar-refractivity contribution in [1.29, 1.82) is 0 Å². The molecular weight excluding hydrogens is 569 g/mol. The van der Waals surface area contributed by atoms with Crippen molar-refractivity contribution in [3.8, 4) is 50.5 Å². The largest absolute Gasteiger partial charge is 0.292 e. The maximum absolute atomic E-state index is 9.34. The number of imidazole rings is 1. The Labute approximate surface area is 299 Å². The average Bonchev–Trinajstić information content (AvgIpc) is 3.69. The summed E-state index contributed by atoms with van der Waals surface area (Å²) in [5.41, 5.74) is 1.64. The van der Waals surface area contributed by atoms with Crippen LogP contribution in [0.1, 0.15) is 24.7 Å². The first-order chi connectivity index (χ1) is 30.8. The summed E-state index contributed by atoms with van der Waals surface area (Å²) < 4.78 is 158. The van der Waals surface area contributed by atoms with E-state index in [-0.39, 0.29) is 66.4 Å². The molecule has 0 aliphatic heterocycles. The molecule has 0 unspecified atom stereocenters. The van der Waals surface area contributed by atoms with Crippen molar-refractivity contribution in [1.82, 2.24) is 9.55 Å². The van der Waals surface area contributed by atoms with E-state index in [4.69, 9.17) is 24.2 Å². The summed E-state index contributed by atoms with van der Waals surface area (Å²) in [4.78, 5) is 4.79. The standard InChI is InChI=1S/C45H30N2/c1-3-14-31(15-4-1)34-16-13-17-35(30-34)44-39-22-9-7-20-37(39)43(38-21-8-10-23-40(38)44)32-26-28-33(29-27-32)45-46-41-24-11-12-25-42(41)47(45)36-18-5-2-6-19-36/h1-30H/i1D,2D,3D,4D,5D,6D,7D,8D,9D,10D,14D,15D,18D,19D,20D,21D,22D,23D. The zero-order valence-corrected chi connectivity index (χ0v) is 24.3. The highest BCUT2D eigenvalue weighted by molar-refractivity contribution is 6.21. The highest BCUT2D eigenvalue weighted by atomic mass is 15.1. The number of hydrogen-bond acceptors (Lipinski definition) is 1. The van der Waals surface area contributed by atoms with Gasteiger partial charge in [0.05, 0.1) is 35.7 Å². The number of benzene rings is 8. The zero-order valence-electron chi connectivity index (χ0n) is 42.3. The molecule has 1 aromatic heterocycles. The Morgan fingerprint density at radius 2 is 0.957 bits per heavy atom. The van der Waals surface area contributed by atoms with E-state index in [1.807, 2.05) is 0 Å². The number of para-hydroxylation sites is 3. The molecule has 2 nitrogen and oxygen atoms in total. The molecule has 8 aromatic carbocycles. The third-order valence-electron chi connectivity index (χ3n) is 8.02. The SMILES string of the molecule is [2H]c1c([2H])c([2H])c(-c2cccc(-c3c4c([2H])c([2H])c([2H])c([2H])c4c(-c4ccc(-c5nc6ccccc6n5-c5c([2H])c([2H])c([2H])c([2H])c5[2H])cc4)c4c([2H])c([2H])c([2H])c([2H])c34)c2)c([2H])c1[2H]. The van der Waals surface area contributed by atoms with Gasteiger partial charge in [0, 0.05) is 11.3 Å². The Hall–Kier alpha value is -6.25. The minimum absolute atomic E-state index is 0.00377. The third kappa shape index (κ3) is 4.62. The number of fused-ring (bicyclic) bond motifs is 3. The van der Waals surface area contributed by atoms with Crippen molar-refractivity contribution < 1.29 is 24.7 Å². The van der Waals surface area contributed by atoms with Crippen LogP contribution >= 0.6 is 0 Å². The maximum atomic E-state index is 9.34. The normalized spacial score (nSPS) is 16.8. The van der Waals surface area contributed by atoms with Gasteiger partial charge in [-0.1, -0.05) is 151 Å². The van der Waals surface area contributed by atoms with Crippen molar-refractivity contribution in [2.75, 3.05) is 0 Å². The fraction of sp³-hybridized carbons (Fsp3) is 0. The van der Waals surface area contributed by atoms with Gasteiger partial charge in [-0.3, -0.25) is 4.57 Å². The summed E-state index contributed by atoms with van der Waals surface area (Å²) in [6, 6.07) is 9.39. The molecular formula is C45H30N2. The molecule has 2 heteroatoms. The first-order valence-corrected chi connectivity index (χ1v) is 14.6. The van der Waals surface area contributed by atoms with Crippen molar-refractivity contribution >= 4 is 32.6 Å². The first-order valence-electron chi connectivity index (χ1n) is 23.6. The van der Waals surface area contributed by atoms with Gasteiger partial charge in [-0.05, 0) is 85.2 Å². The summed E-state index contributed by atoms with van der Waals surface area (Å²) in [5.74, 6) is 0.198. The topological polar surface area (TPSA) is 17.8 Å². The van der Waals surface area contributed by atoms with E-state index in [1.165, 1.54) is 22.8 Å². The van der Waals surface area contributed by atoms with Gasteiger partial charge in [-0.25, -0.2) is 4.98 Å². The smallest absolute Gasteiger partial charge is 0.145 e. The van der Waals surface area contributed by atoms with Gasteiger partial charge < -0.3 is 0 Å². The minimum Gasteiger partial charge on any atom is -0.292 e. The maximum Gasteiger partial charge on any atom is 0.145 e. The predicted molar refractivity (Wildman–Crippen MR) is 198 cm³/mol. The fourth-order valence-electron chi connectivity index (χ4n) is 6.01. The van der Waals surface area contributed by atoms with E-state index >= 15 is 0 Å². The molecule has 0 spiro atoms. The van der Waals surface area contributed by atoms with Crippen molar-refractivity contribution in [2.24, 2.45) is 0 Å².